The lowest BCUT2D eigenvalue weighted by Gasteiger charge is -2.04. The number of hydrazine groups is 1. The van der Waals surface area contributed by atoms with E-state index in [4.69, 9.17) is 5.84 Å². The van der Waals surface area contributed by atoms with Gasteiger partial charge in [0.2, 0.25) is 5.13 Å². The van der Waals surface area contributed by atoms with Crippen LogP contribution in [0.4, 0.5) is 16.5 Å². The van der Waals surface area contributed by atoms with Gasteiger partial charge in [-0.2, -0.15) is 0 Å². The second-order valence-electron chi connectivity index (χ2n) is 3.33. The molecule has 0 saturated heterocycles. The average Bonchev–Trinajstić information content (AvgIpc) is 2.90. The lowest BCUT2D eigenvalue weighted by Crippen LogP contribution is -2.14. The van der Waals surface area contributed by atoms with Crippen molar-refractivity contribution in [2.45, 2.75) is 0 Å². The molecule has 0 bridgehead atoms. The molecule has 0 aliphatic rings. The number of hydrogen-bond acceptors (Lipinski definition) is 8. The third-order valence-electron chi connectivity index (χ3n) is 2.19. The minimum absolute atomic E-state index is 0.123. The molecule has 9 nitrogen and oxygen atoms in total. The largest absolute Gasteiger partial charge is 0.318 e. The molecule has 1 heterocycles. The topological polar surface area (TPSA) is 136 Å². The van der Waals surface area contributed by atoms with Gasteiger partial charge in [0, 0.05) is 11.6 Å². The summed E-state index contributed by atoms with van der Waals surface area (Å²) in [6.45, 7) is 0. The highest BCUT2D eigenvalue weighted by atomic mass is 32.1. The molecule has 2 rings (SSSR count). The van der Waals surface area contributed by atoms with Crippen LogP contribution in [-0.4, -0.2) is 21.0 Å². The number of hydrogen-bond donors (Lipinski definition) is 3. The number of nitrogens with zero attached hydrogens (tertiary/aromatic N) is 3. The molecule has 0 aliphatic heterocycles. The van der Waals surface area contributed by atoms with Crippen LogP contribution in [0.1, 0.15) is 10.4 Å². The average molecular weight is 280 g/mol. The first-order chi connectivity index (χ1) is 9.11. The van der Waals surface area contributed by atoms with E-state index in [-0.39, 0.29) is 16.9 Å². The van der Waals surface area contributed by atoms with Gasteiger partial charge in [-0.3, -0.25) is 26.1 Å². The molecule has 0 atom stereocenters. The molecule has 2 aromatic rings. The van der Waals surface area contributed by atoms with Gasteiger partial charge < -0.3 is 5.43 Å². The summed E-state index contributed by atoms with van der Waals surface area (Å²) in [6, 6.07) is 3.90. The molecule has 4 N–H and O–H groups in total. The van der Waals surface area contributed by atoms with Crippen molar-refractivity contribution >= 4 is 33.8 Å². The molecule has 0 fully saturated rings. The molecule has 1 aromatic carbocycles. The van der Waals surface area contributed by atoms with Crippen LogP contribution in [-0.2, 0) is 0 Å². The van der Waals surface area contributed by atoms with E-state index in [0.717, 1.165) is 17.4 Å². The van der Waals surface area contributed by atoms with Crippen molar-refractivity contribution in [3.63, 3.8) is 0 Å². The fraction of sp³-hybridized carbons (Fsp3) is 0. The lowest BCUT2D eigenvalue weighted by molar-refractivity contribution is -0.384. The van der Waals surface area contributed by atoms with Gasteiger partial charge in [-0.25, -0.2) is 0 Å². The van der Waals surface area contributed by atoms with Gasteiger partial charge in [-0.15, -0.1) is 10.2 Å². The number of nitrogens with one attached hydrogen (secondary N) is 2. The van der Waals surface area contributed by atoms with E-state index >= 15 is 0 Å². The van der Waals surface area contributed by atoms with Gasteiger partial charge in [0.05, 0.1) is 4.92 Å². The summed E-state index contributed by atoms with van der Waals surface area (Å²) in [5.74, 6) is 4.64. The number of aromatic nitrogens is 2. The fourth-order valence-electron chi connectivity index (χ4n) is 1.34. The van der Waals surface area contributed by atoms with Crippen LogP contribution in [0.25, 0.3) is 0 Å². The molecule has 19 heavy (non-hydrogen) atoms. The quantitative estimate of drug-likeness (QED) is 0.431. The van der Waals surface area contributed by atoms with E-state index in [1.807, 2.05) is 0 Å². The molecule has 0 spiro atoms. The number of nitrogen functional groups attached to an aromatic ring is 1. The molecule has 10 heteroatoms. The molecule has 0 saturated carbocycles. The second-order valence-corrected chi connectivity index (χ2v) is 4.16. The van der Waals surface area contributed by atoms with E-state index in [1.165, 1.54) is 17.6 Å². The van der Waals surface area contributed by atoms with Crippen molar-refractivity contribution in [1.29, 1.82) is 0 Å². The number of carbonyl (C=O) groups is 1. The summed E-state index contributed by atoms with van der Waals surface area (Å²) in [5, 5.41) is 20.8. The highest BCUT2D eigenvalue weighted by molar-refractivity contribution is 7.13. The molecule has 0 radical (unpaired) electrons. The van der Waals surface area contributed by atoms with Crippen LogP contribution >= 0.6 is 11.3 Å². The zero-order valence-corrected chi connectivity index (χ0v) is 10.2. The van der Waals surface area contributed by atoms with Crippen molar-refractivity contribution in [3.8, 4) is 0 Å². The Kier molecular flexibility index (Phi) is 3.63. The van der Waals surface area contributed by atoms with Crippen molar-refractivity contribution in [3.05, 3.63) is 39.4 Å². The maximum Gasteiger partial charge on any atom is 0.294 e. The predicted molar refractivity (Wildman–Crippen MR) is 68.8 cm³/mol. The minimum atomic E-state index is -0.628. The number of benzene rings is 1. The number of rotatable bonds is 4. The molecule has 1 amide bonds. The molecular formula is C9H8N6O3S. The number of nitro groups is 1. The zero-order valence-electron chi connectivity index (χ0n) is 9.36. The van der Waals surface area contributed by atoms with E-state index < -0.39 is 10.8 Å². The van der Waals surface area contributed by atoms with Gasteiger partial charge in [0.25, 0.3) is 11.6 Å². The number of anilines is 2. The summed E-state index contributed by atoms with van der Waals surface area (Å²) >= 11 is 1.14. The number of nitro benzene ring substituents is 1. The third-order valence-corrected chi connectivity index (χ3v) is 2.80. The second kappa shape index (κ2) is 5.37. The van der Waals surface area contributed by atoms with E-state index in [0.29, 0.717) is 5.13 Å². The first-order valence-electron chi connectivity index (χ1n) is 4.94. The Hall–Kier alpha value is -2.59. The maximum atomic E-state index is 11.8. The molecule has 98 valence electrons. The monoisotopic (exact) mass is 280 g/mol. The standard InChI is InChI=1S/C9H8N6O3S/c10-13-6-2-1-5(3-7(6)15(17)18)8(16)12-9-14-11-4-19-9/h1-4,13H,10H2,(H,12,14,16). The van der Waals surface area contributed by atoms with Crippen molar-refractivity contribution in [1.82, 2.24) is 10.2 Å². The summed E-state index contributed by atoms with van der Waals surface area (Å²) in [6.07, 6.45) is 0. The van der Waals surface area contributed by atoms with Crippen molar-refractivity contribution < 1.29 is 9.72 Å². The number of nitrogens with two attached hydrogens (primary N) is 1. The van der Waals surface area contributed by atoms with Gasteiger partial charge in [-0.1, -0.05) is 11.3 Å². The fourth-order valence-corrected chi connectivity index (χ4v) is 1.78. The predicted octanol–water partition coefficient (Wildman–Crippen LogP) is 0.984. The number of carbonyl (C=O) groups excluding carboxylic acids is 1. The van der Waals surface area contributed by atoms with Crippen LogP contribution in [0.5, 0.6) is 0 Å². The van der Waals surface area contributed by atoms with Gasteiger partial charge in [0.15, 0.2) is 0 Å². The normalized spacial score (nSPS) is 9.95. The Morgan fingerprint density at radius 3 is 2.84 bits per heavy atom. The third kappa shape index (κ3) is 2.81. The highest BCUT2D eigenvalue weighted by Gasteiger charge is 2.17. The van der Waals surface area contributed by atoms with E-state index in [1.54, 1.807) is 0 Å². The van der Waals surface area contributed by atoms with Crippen LogP contribution in [0.2, 0.25) is 0 Å². The SMILES string of the molecule is NNc1ccc(C(=O)Nc2nncs2)cc1[N+](=O)[O-]. The van der Waals surface area contributed by atoms with E-state index in [9.17, 15) is 14.9 Å². The van der Waals surface area contributed by atoms with Gasteiger partial charge in [-0.05, 0) is 12.1 Å². The van der Waals surface area contributed by atoms with E-state index in [2.05, 4.69) is 20.9 Å². The van der Waals surface area contributed by atoms with Crippen molar-refractivity contribution in [2.75, 3.05) is 10.7 Å². The maximum absolute atomic E-state index is 11.8. The summed E-state index contributed by atoms with van der Waals surface area (Å²) < 4.78 is 0. The van der Waals surface area contributed by atoms with Crippen LogP contribution in [0.15, 0.2) is 23.7 Å². The first kappa shape index (κ1) is 12.9. The lowest BCUT2D eigenvalue weighted by atomic mass is 10.1. The Balaban J connectivity index is 2.27. The van der Waals surface area contributed by atoms with Gasteiger partial charge >= 0.3 is 0 Å². The molecule has 0 unspecified atom stereocenters. The zero-order chi connectivity index (χ0) is 13.8. The number of amides is 1. The van der Waals surface area contributed by atoms with Gasteiger partial charge in [0.1, 0.15) is 11.2 Å². The Labute approximate surface area is 110 Å². The molecule has 1 aromatic heterocycles. The minimum Gasteiger partial charge on any atom is -0.318 e. The Bertz CT molecular complexity index is 614. The smallest absolute Gasteiger partial charge is 0.294 e. The summed E-state index contributed by atoms with van der Waals surface area (Å²) in [4.78, 5) is 22.0. The van der Waals surface area contributed by atoms with Crippen LogP contribution < -0.4 is 16.6 Å². The first-order valence-corrected chi connectivity index (χ1v) is 5.82. The summed E-state index contributed by atoms with van der Waals surface area (Å²) in [5.41, 5.74) is 3.62. The van der Waals surface area contributed by atoms with Crippen molar-refractivity contribution in [2.24, 2.45) is 5.84 Å². The summed E-state index contributed by atoms with van der Waals surface area (Å²) in [7, 11) is 0. The molecular weight excluding hydrogens is 272 g/mol. The van der Waals surface area contributed by atoms with Crippen LogP contribution in [0, 0.1) is 10.1 Å². The Morgan fingerprint density at radius 2 is 2.26 bits per heavy atom. The van der Waals surface area contributed by atoms with Crippen LogP contribution in [0.3, 0.4) is 0 Å². The Morgan fingerprint density at radius 1 is 1.47 bits per heavy atom. The highest BCUT2D eigenvalue weighted by Crippen LogP contribution is 2.25. The molecule has 0 aliphatic carbocycles.